The molecule has 0 amide bonds. The number of rotatable bonds is 3. The van der Waals surface area contributed by atoms with Crippen molar-refractivity contribution in [1.29, 1.82) is 0 Å². The number of imidazole rings is 1. The Hall–Kier alpha value is -2.64. The lowest BCUT2D eigenvalue weighted by molar-refractivity contribution is 0.145. The number of nitrogens with zero attached hydrogens (tertiary/aromatic N) is 6. The summed E-state index contributed by atoms with van der Waals surface area (Å²) >= 11 is 0. The number of hydrogen-bond acceptors (Lipinski definition) is 5. The van der Waals surface area contributed by atoms with Crippen LogP contribution in [0.5, 0.6) is 0 Å². The molecule has 0 unspecified atom stereocenters. The zero-order valence-electron chi connectivity index (χ0n) is 13.8. The minimum Gasteiger partial charge on any atom is -0.354 e. The van der Waals surface area contributed by atoms with Crippen molar-refractivity contribution in [3.05, 3.63) is 36.5 Å². The quantitative estimate of drug-likeness (QED) is 0.728. The van der Waals surface area contributed by atoms with Crippen LogP contribution in [0.1, 0.15) is 38.3 Å². The number of alkyl halides is 2. The van der Waals surface area contributed by atoms with Gasteiger partial charge in [0.05, 0.1) is 12.4 Å². The fourth-order valence-electron chi connectivity index (χ4n) is 3.25. The summed E-state index contributed by atoms with van der Waals surface area (Å²) < 4.78 is 27.5. The normalized spacial score (nSPS) is 18.2. The molecule has 4 rings (SSSR count). The fraction of sp³-hybridized carbons (Fsp3) is 0.412. The van der Waals surface area contributed by atoms with Gasteiger partial charge in [0.2, 0.25) is 0 Å². The molecule has 1 aliphatic heterocycles. The van der Waals surface area contributed by atoms with E-state index in [9.17, 15) is 8.78 Å². The molecule has 0 N–H and O–H groups in total. The van der Waals surface area contributed by atoms with E-state index in [0.717, 1.165) is 25.2 Å². The number of hydrogen-bond donors (Lipinski definition) is 0. The molecule has 1 fully saturated rings. The molecule has 25 heavy (non-hydrogen) atoms. The largest absolute Gasteiger partial charge is 0.354 e. The Bertz CT molecular complexity index is 894. The van der Waals surface area contributed by atoms with Crippen molar-refractivity contribution in [3.63, 3.8) is 0 Å². The van der Waals surface area contributed by atoms with E-state index in [1.807, 2.05) is 6.07 Å². The van der Waals surface area contributed by atoms with Crippen LogP contribution in [0.2, 0.25) is 0 Å². The molecule has 0 spiro atoms. The molecule has 3 aromatic rings. The fourth-order valence-corrected chi connectivity index (χ4v) is 3.25. The summed E-state index contributed by atoms with van der Waals surface area (Å²) in [5.74, 6) is 1.32. The first-order valence-corrected chi connectivity index (χ1v) is 8.34. The highest BCUT2D eigenvalue weighted by molar-refractivity contribution is 5.58. The van der Waals surface area contributed by atoms with Gasteiger partial charge < -0.3 is 4.90 Å². The lowest BCUT2D eigenvalue weighted by Gasteiger charge is -2.34. The zero-order chi connectivity index (χ0) is 17.4. The molecule has 4 heterocycles. The smallest absolute Gasteiger partial charge is 0.281 e. The number of fused-ring (bicyclic) bond motifs is 1. The van der Waals surface area contributed by atoms with Crippen LogP contribution in [0.3, 0.4) is 0 Å². The van der Waals surface area contributed by atoms with Crippen molar-refractivity contribution in [2.75, 3.05) is 11.4 Å². The van der Waals surface area contributed by atoms with Gasteiger partial charge in [-0.1, -0.05) is 0 Å². The molecule has 1 atom stereocenters. The first-order chi connectivity index (χ1) is 12.1. The Balaban J connectivity index is 1.76. The molecule has 0 saturated carbocycles. The molecule has 1 aliphatic rings. The Kier molecular flexibility index (Phi) is 4.03. The van der Waals surface area contributed by atoms with Crippen LogP contribution in [0.4, 0.5) is 14.6 Å². The van der Waals surface area contributed by atoms with Crippen molar-refractivity contribution in [2.24, 2.45) is 0 Å². The summed E-state index contributed by atoms with van der Waals surface area (Å²) in [4.78, 5) is 19.2. The summed E-state index contributed by atoms with van der Waals surface area (Å²) in [6.45, 7) is 3.15. The molecule has 3 aromatic heterocycles. The molecule has 0 aromatic carbocycles. The Morgan fingerprint density at radius 2 is 2.04 bits per heavy atom. The average Bonchev–Trinajstić information content (AvgIpc) is 3.05. The predicted octanol–water partition coefficient (Wildman–Crippen LogP) is 3.50. The van der Waals surface area contributed by atoms with E-state index < -0.39 is 6.43 Å². The molecular formula is C17H18F2N6. The number of piperidine rings is 1. The molecule has 0 radical (unpaired) electrons. The van der Waals surface area contributed by atoms with Gasteiger partial charge in [0.25, 0.3) is 6.43 Å². The van der Waals surface area contributed by atoms with E-state index in [2.05, 4.69) is 31.8 Å². The second-order valence-corrected chi connectivity index (χ2v) is 6.26. The van der Waals surface area contributed by atoms with Crippen LogP contribution < -0.4 is 4.90 Å². The topological polar surface area (TPSA) is 59.2 Å². The van der Waals surface area contributed by atoms with E-state index in [1.54, 1.807) is 16.8 Å². The standard InChI is InChI=1S/C17H18F2N6/c1-11-4-2-3-7-24(11)14-5-6-20-17(23-14)13-8-22-15-9-21-12(16(18)19)10-25(13)15/h5-6,8-11,16H,2-4,7H2,1H3/t11-/m0/s1. The van der Waals surface area contributed by atoms with E-state index >= 15 is 0 Å². The second-order valence-electron chi connectivity index (χ2n) is 6.26. The first-order valence-electron chi connectivity index (χ1n) is 8.34. The van der Waals surface area contributed by atoms with Crippen LogP contribution in [0.15, 0.2) is 30.9 Å². The highest BCUT2D eigenvalue weighted by atomic mass is 19.3. The van der Waals surface area contributed by atoms with E-state index in [1.165, 1.54) is 18.8 Å². The third-order valence-corrected chi connectivity index (χ3v) is 4.61. The molecule has 130 valence electrons. The SMILES string of the molecule is C[C@H]1CCCCN1c1ccnc(-c2cnc3cnc(C(F)F)cn23)n1. The van der Waals surface area contributed by atoms with Gasteiger partial charge in [0.1, 0.15) is 17.2 Å². The Morgan fingerprint density at radius 1 is 1.16 bits per heavy atom. The minimum atomic E-state index is -2.64. The van der Waals surface area contributed by atoms with Gasteiger partial charge in [-0.2, -0.15) is 0 Å². The lowest BCUT2D eigenvalue weighted by atomic mass is 10.0. The number of halogens is 2. The van der Waals surface area contributed by atoms with Gasteiger partial charge in [-0.15, -0.1) is 0 Å². The molecule has 0 bridgehead atoms. The van der Waals surface area contributed by atoms with Gasteiger partial charge >= 0.3 is 0 Å². The molecule has 6 nitrogen and oxygen atoms in total. The lowest BCUT2D eigenvalue weighted by Crippen LogP contribution is -2.38. The molecular weight excluding hydrogens is 326 g/mol. The maximum atomic E-state index is 13.0. The summed E-state index contributed by atoms with van der Waals surface area (Å²) in [5.41, 5.74) is 0.762. The van der Waals surface area contributed by atoms with Gasteiger partial charge in [-0.3, -0.25) is 4.40 Å². The van der Waals surface area contributed by atoms with Crippen LogP contribution in [0.25, 0.3) is 17.2 Å². The van der Waals surface area contributed by atoms with Crippen molar-refractivity contribution in [2.45, 2.75) is 38.7 Å². The van der Waals surface area contributed by atoms with Crippen LogP contribution in [-0.4, -0.2) is 36.9 Å². The van der Waals surface area contributed by atoms with Crippen molar-refractivity contribution in [3.8, 4) is 11.5 Å². The summed E-state index contributed by atoms with van der Waals surface area (Å²) in [6.07, 6.45) is 6.79. The summed E-state index contributed by atoms with van der Waals surface area (Å²) in [5, 5.41) is 0. The van der Waals surface area contributed by atoms with Crippen molar-refractivity contribution in [1.82, 2.24) is 24.3 Å². The number of anilines is 1. The van der Waals surface area contributed by atoms with Crippen LogP contribution in [-0.2, 0) is 0 Å². The monoisotopic (exact) mass is 344 g/mol. The maximum absolute atomic E-state index is 13.0. The van der Waals surface area contributed by atoms with E-state index in [0.29, 0.717) is 23.2 Å². The average molecular weight is 344 g/mol. The van der Waals surface area contributed by atoms with E-state index in [-0.39, 0.29) is 5.69 Å². The Labute approximate surface area is 143 Å². The van der Waals surface area contributed by atoms with E-state index in [4.69, 9.17) is 0 Å². The van der Waals surface area contributed by atoms with Crippen LogP contribution in [0, 0.1) is 0 Å². The third kappa shape index (κ3) is 2.92. The van der Waals surface area contributed by atoms with Gasteiger partial charge in [0, 0.05) is 25.0 Å². The second kappa shape index (κ2) is 6.34. The molecule has 0 aliphatic carbocycles. The van der Waals surface area contributed by atoms with Crippen molar-refractivity contribution < 1.29 is 8.78 Å². The first kappa shape index (κ1) is 15.9. The van der Waals surface area contributed by atoms with Crippen molar-refractivity contribution >= 4 is 11.5 Å². The third-order valence-electron chi connectivity index (χ3n) is 4.61. The highest BCUT2D eigenvalue weighted by Gasteiger charge is 2.21. The van der Waals surface area contributed by atoms with Gasteiger partial charge in [0.15, 0.2) is 11.5 Å². The predicted molar refractivity (Wildman–Crippen MR) is 89.6 cm³/mol. The highest BCUT2D eigenvalue weighted by Crippen LogP contribution is 2.26. The number of aromatic nitrogens is 5. The summed E-state index contributed by atoms with van der Waals surface area (Å²) in [7, 11) is 0. The van der Waals surface area contributed by atoms with Gasteiger partial charge in [-0.25, -0.2) is 28.7 Å². The van der Waals surface area contributed by atoms with Crippen LogP contribution >= 0.6 is 0 Å². The zero-order valence-corrected chi connectivity index (χ0v) is 13.8. The minimum absolute atomic E-state index is 0.299. The molecule has 1 saturated heterocycles. The molecule has 8 heteroatoms. The van der Waals surface area contributed by atoms with Gasteiger partial charge in [-0.05, 0) is 32.3 Å². The summed E-state index contributed by atoms with van der Waals surface area (Å²) in [6, 6.07) is 2.31. The maximum Gasteiger partial charge on any atom is 0.281 e. The Morgan fingerprint density at radius 3 is 2.84 bits per heavy atom.